The van der Waals surface area contributed by atoms with Crippen molar-refractivity contribution in [3.63, 3.8) is 0 Å². The van der Waals surface area contributed by atoms with Crippen molar-refractivity contribution in [2.45, 2.75) is 25.9 Å². The lowest BCUT2D eigenvalue weighted by molar-refractivity contribution is -0.137. The number of halogens is 3. The van der Waals surface area contributed by atoms with Gasteiger partial charge in [0.15, 0.2) is 0 Å². The molecule has 4 aromatic rings. The molecule has 2 aromatic carbocycles. The van der Waals surface area contributed by atoms with Crippen molar-refractivity contribution in [1.82, 2.24) is 15.0 Å². The summed E-state index contributed by atoms with van der Waals surface area (Å²) in [5, 5.41) is 0.660. The summed E-state index contributed by atoms with van der Waals surface area (Å²) in [5.74, 6) is 0.743. The lowest BCUT2D eigenvalue weighted by atomic mass is 10.0. The molecule has 0 aliphatic carbocycles. The van der Waals surface area contributed by atoms with Crippen molar-refractivity contribution in [1.29, 1.82) is 0 Å². The molecule has 0 unspecified atom stereocenters. The highest BCUT2D eigenvalue weighted by molar-refractivity contribution is 6.27. The van der Waals surface area contributed by atoms with Crippen LogP contribution < -0.4 is 19.3 Å². The number of nitrogens with zero attached hydrogens (tertiary/aromatic N) is 5. The maximum atomic E-state index is 13.2. The van der Waals surface area contributed by atoms with E-state index in [1.807, 2.05) is 13.8 Å². The number of ether oxygens (including phenoxy) is 2. The number of anilines is 2. The minimum atomic E-state index is -4.64. The molecule has 0 N–H and O–H groups in total. The van der Waals surface area contributed by atoms with Gasteiger partial charge in [-0.2, -0.15) is 13.2 Å². The Bertz CT molecular complexity index is 1590. The van der Waals surface area contributed by atoms with Crippen LogP contribution >= 0.6 is 0 Å². The molecule has 5 rings (SSSR count). The second-order valence-corrected chi connectivity index (χ2v) is 9.07. The molecule has 2 aromatic heterocycles. The van der Waals surface area contributed by atoms with Gasteiger partial charge in [0.2, 0.25) is 5.88 Å². The lowest BCUT2D eigenvalue weighted by Crippen LogP contribution is -2.33. The first-order chi connectivity index (χ1) is 18.6. The third kappa shape index (κ3) is 4.92. The normalized spacial score (nSPS) is 14.0. The molecule has 200 valence electrons. The Morgan fingerprint density at radius 3 is 2.49 bits per heavy atom. The number of carbonyl (C=O) groups excluding carboxylic acids is 2. The minimum absolute atomic E-state index is 0.0790. The van der Waals surface area contributed by atoms with Crippen LogP contribution in [-0.4, -0.2) is 40.5 Å². The SMILES string of the molecule is COc1ccc2c(Oc3ccc(N4C(=O)CN(c5cncc(C(F)(F)F)c5)C4=O)cc3C(C)C)ncnc2c1. The molecule has 39 heavy (non-hydrogen) atoms. The van der Waals surface area contributed by atoms with Gasteiger partial charge in [0.05, 0.1) is 41.1 Å². The molecule has 1 aliphatic rings. The number of urea groups is 1. The molecule has 12 heteroatoms. The first kappa shape index (κ1) is 25.9. The fourth-order valence-corrected chi connectivity index (χ4v) is 4.23. The summed E-state index contributed by atoms with van der Waals surface area (Å²) < 4.78 is 50.9. The van der Waals surface area contributed by atoms with Gasteiger partial charge in [-0.15, -0.1) is 0 Å². The van der Waals surface area contributed by atoms with Crippen molar-refractivity contribution in [3.05, 3.63) is 72.3 Å². The summed E-state index contributed by atoms with van der Waals surface area (Å²) in [7, 11) is 1.56. The van der Waals surface area contributed by atoms with Crippen LogP contribution in [0.4, 0.5) is 29.3 Å². The number of carbonyl (C=O) groups is 2. The predicted molar refractivity (Wildman–Crippen MR) is 136 cm³/mol. The monoisotopic (exact) mass is 537 g/mol. The van der Waals surface area contributed by atoms with E-state index in [0.29, 0.717) is 40.0 Å². The smallest absolute Gasteiger partial charge is 0.417 e. The summed E-state index contributed by atoms with van der Waals surface area (Å²) in [5.41, 5.74) is 0.438. The standard InChI is InChI=1S/C27H22F3N5O4/c1-15(2)21-9-17(4-7-23(21)39-25-20-6-5-19(38-3)10-22(20)32-14-33-25)35-24(36)13-34(26(35)37)18-8-16(11-31-12-18)27(28,29)30/h4-12,14-15H,13H2,1-3H3. The summed E-state index contributed by atoms with van der Waals surface area (Å²) in [6.07, 6.45) is -1.49. The third-order valence-electron chi connectivity index (χ3n) is 6.22. The Labute approximate surface area is 220 Å². The Kier molecular flexibility index (Phi) is 6.54. The molecule has 0 bridgehead atoms. The fraction of sp³-hybridized carbons (Fsp3) is 0.222. The highest BCUT2D eigenvalue weighted by Gasteiger charge is 2.40. The first-order valence-corrected chi connectivity index (χ1v) is 11.8. The lowest BCUT2D eigenvalue weighted by Gasteiger charge is -2.20. The number of amides is 3. The van der Waals surface area contributed by atoms with Crippen molar-refractivity contribution < 1.29 is 32.2 Å². The van der Waals surface area contributed by atoms with E-state index in [1.165, 1.54) is 12.4 Å². The summed E-state index contributed by atoms with van der Waals surface area (Å²) in [6, 6.07) is 10.1. The van der Waals surface area contributed by atoms with Gasteiger partial charge in [-0.1, -0.05) is 13.8 Å². The van der Waals surface area contributed by atoms with Crippen molar-refractivity contribution in [3.8, 4) is 17.4 Å². The molecule has 1 aliphatic heterocycles. The second kappa shape index (κ2) is 9.86. The number of methoxy groups -OCH3 is 1. The zero-order chi connectivity index (χ0) is 27.9. The quantitative estimate of drug-likeness (QED) is 0.281. The minimum Gasteiger partial charge on any atom is -0.497 e. The van der Waals surface area contributed by atoms with E-state index in [9.17, 15) is 22.8 Å². The summed E-state index contributed by atoms with van der Waals surface area (Å²) in [4.78, 5) is 40.1. The topological polar surface area (TPSA) is 97.8 Å². The van der Waals surface area contributed by atoms with Gasteiger partial charge in [0.1, 0.15) is 24.4 Å². The number of benzene rings is 2. The zero-order valence-electron chi connectivity index (χ0n) is 21.1. The van der Waals surface area contributed by atoms with Gasteiger partial charge in [0, 0.05) is 12.3 Å². The van der Waals surface area contributed by atoms with E-state index in [4.69, 9.17) is 9.47 Å². The van der Waals surface area contributed by atoms with Gasteiger partial charge < -0.3 is 9.47 Å². The summed E-state index contributed by atoms with van der Waals surface area (Å²) >= 11 is 0. The molecule has 0 atom stereocenters. The van der Waals surface area contributed by atoms with Crippen molar-refractivity contribution >= 4 is 34.2 Å². The Hall–Kier alpha value is -4.74. The molecule has 3 amide bonds. The molecule has 9 nitrogen and oxygen atoms in total. The van der Waals surface area contributed by atoms with Crippen LogP contribution in [-0.2, 0) is 11.0 Å². The number of alkyl halides is 3. The Morgan fingerprint density at radius 1 is 0.974 bits per heavy atom. The average Bonchev–Trinajstić information content (AvgIpc) is 3.21. The molecule has 0 saturated carbocycles. The molecule has 0 spiro atoms. The summed E-state index contributed by atoms with van der Waals surface area (Å²) in [6.45, 7) is 3.42. The van der Waals surface area contributed by atoms with Crippen LogP contribution in [0.15, 0.2) is 61.2 Å². The van der Waals surface area contributed by atoms with Gasteiger partial charge in [-0.25, -0.2) is 19.7 Å². The van der Waals surface area contributed by atoms with Crippen LogP contribution in [0, 0.1) is 0 Å². The van der Waals surface area contributed by atoms with Gasteiger partial charge in [-0.3, -0.25) is 14.7 Å². The number of rotatable bonds is 6. The van der Waals surface area contributed by atoms with Gasteiger partial charge >= 0.3 is 12.2 Å². The van der Waals surface area contributed by atoms with E-state index in [-0.39, 0.29) is 17.3 Å². The molecule has 1 fully saturated rings. The Morgan fingerprint density at radius 2 is 1.77 bits per heavy atom. The zero-order valence-corrected chi connectivity index (χ0v) is 21.1. The van der Waals surface area contributed by atoms with Crippen LogP contribution in [0.1, 0.15) is 30.9 Å². The number of aromatic nitrogens is 3. The first-order valence-electron chi connectivity index (χ1n) is 11.8. The van der Waals surface area contributed by atoms with Crippen LogP contribution in [0.25, 0.3) is 10.9 Å². The fourth-order valence-electron chi connectivity index (χ4n) is 4.23. The molecular weight excluding hydrogens is 515 g/mol. The van der Waals surface area contributed by atoms with Gasteiger partial charge in [-0.05, 0) is 47.9 Å². The highest BCUT2D eigenvalue weighted by atomic mass is 19.4. The van der Waals surface area contributed by atoms with E-state index in [0.717, 1.165) is 22.1 Å². The van der Waals surface area contributed by atoms with E-state index in [1.54, 1.807) is 37.4 Å². The maximum absolute atomic E-state index is 13.2. The largest absolute Gasteiger partial charge is 0.497 e. The molecule has 3 heterocycles. The van der Waals surface area contributed by atoms with Crippen LogP contribution in [0.5, 0.6) is 17.4 Å². The second-order valence-electron chi connectivity index (χ2n) is 9.07. The van der Waals surface area contributed by atoms with Gasteiger partial charge in [0.25, 0.3) is 5.91 Å². The van der Waals surface area contributed by atoms with E-state index >= 15 is 0 Å². The van der Waals surface area contributed by atoms with Crippen LogP contribution in [0.3, 0.4) is 0 Å². The molecule has 1 saturated heterocycles. The predicted octanol–water partition coefficient (Wildman–Crippen LogP) is 5.94. The molecular formula is C27H22F3N5O4. The number of pyridine rings is 1. The van der Waals surface area contributed by atoms with Crippen molar-refractivity contribution in [2.24, 2.45) is 0 Å². The number of fused-ring (bicyclic) bond motifs is 1. The number of imide groups is 1. The Balaban J connectivity index is 1.46. The maximum Gasteiger partial charge on any atom is 0.417 e. The van der Waals surface area contributed by atoms with Crippen LogP contribution in [0.2, 0.25) is 0 Å². The van der Waals surface area contributed by atoms with E-state index < -0.39 is 30.2 Å². The molecule has 0 radical (unpaired) electrons. The number of hydrogen-bond donors (Lipinski definition) is 0. The highest BCUT2D eigenvalue weighted by Crippen LogP contribution is 2.38. The van der Waals surface area contributed by atoms with Crippen molar-refractivity contribution in [2.75, 3.05) is 23.5 Å². The number of hydrogen-bond acceptors (Lipinski definition) is 7. The third-order valence-corrected chi connectivity index (χ3v) is 6.22. The average molecular weight is 537 g/mol. The van der Waals surface area contributed by atoms with E-state index in [2.05, 4.69) is 15.0 Å².